The van der Waals surface area contributed by atoms with Gasteiger partial charge in [0.2, 0.25) is 0 Å². The van der Waals surface area contributed by atoms with Crippen molar-refractivity contribution in [1.82, 2.24) is 0 Å². The summed E-state index contributed by atoms with van der Waals surface area (Å²) < 4.78 is 72.5. The van der Waals surface area contributed by atoms with E-state index in [2.05, 4.69) is 0 Å². The first-order valence-corrected chi connectivity index (χ1v) is 7.88. The van der Waals surface area contributed by atoms with Gasteiger partial charge in [0, 0.05) is 0 Å². The van der Waals surface area contributed by atoms with Gasteiger partial charge in [-0.3, -0.25) is 0 Å². The summed E-state index contributed by atoms with van der Waals surface area (Å²) in [5.41, 5.74) is 0. The van der Waals surface area contributed by atoms with Crippen molar-refractivity contribution >= 4 is 0 Å². The zero-order valence-electron chi connectivity index (χ0n) is 14.4. The molecule has 22 heavy (non-hydrogen) atoms. The molecule has 0 heterocycles. The third-order valence-corrected chi connectivity index (χ3v) is 3.42. The Labute approximate surface area is 130 Å². The van der Waals surface area contributed by atoms with Gasteiger partial charge < -0.3 is 0 Å². The van der Waals surface area contributed by atoms with E-state index in [9.17, 15) is 26.3 Å². The minimum absolute atomic E-state index is 0.126. The topological polar surface area (TPSA) is 0 Å². The lowest BCUT2D eigenvalue weighted by Crippen LogP contribution is -2.23. The second kappa shape index (κ2) is 10.4. The number of rotatable bonds is 6. The molecule has 0 aromatic rings. The van der Waals surface area contributed by atoms with Gasteiger partial charge in [0.15, 0.2) is 0 Å². The summed E-state index contributed by atoms with van der Waals surface area (Å²) in [5, 5.41) is 0. The molecule has 136 valence electrons. The molecule has 0 unspecified atom stereocenters. The van der Waals surface area contributed by atoms with E-state index >= 15 is 0 Å². The predicted molar refractivity (Wildman–Crippen MR) is 78.6 cm³/mol. The zero-order valence-corrected chi connectivity index (χ0v) is 14.4. The average molecular weight is 336 g/mol. The fourth-order valence-electron chi connectivity index (χ4n) is 2.20. The quantitative estimate of drug-likeness (QED) is 0.448. The molecule has 0 rings (SSSR count). The van der Waals surface area contributed by atoms with Gasteiger partial charge in [0.25, 0.3) is 0 Å². The number of alkyl halides is 6. The van der Waals surface area contributed by atoms with Crippen LogP contribution in [0.4, 0.5) is 26.3 Å². The molecule has 0 saturated heterocycles. The summed E-state index contributed by atoms with van der Waals surface area (Å²) >= 11 is 0. The first-order chi connectivity index (χ1) is 9.75. The van der Waals surface area contributed by atoms with E-state index in [0.29, 0.717) is 0 Å². The predicted octanol–water partition coefficient (Wildman–Crippen LogP) is 7.24. The van der Waals surface area contributed by atoms with Crippen LogP contribution >= 0.6 is 0 Å². The van der Waals surface area contributed by atoms with Crippen LogP contribution in [0.3, 0.4) is 0 Å². The molecular formula is C16H30F6. The van der Waals surface area contributed by atoms with Crippen LogP contribution < -0.4 is 0 Å². The first-order valence-electron chi connectivity index (χ1n) is 7.88. The van der Waals surface area contributed by atoms with E-state index in [1.54, 1.807) is 13.8 Å². The van der Waals surface area contributed by atoms with Crippen molar-refractivity contribution < 1.29 is 26.3 Å². The van der Waals surface area contributed by atoms with Crippen LogP contribution in [0.2, 0.25) is 0 Å². The highest BCUT2D eigenvalue weighted by molar-refractivity contribution is 4.68. The SMILES string of the molecule is CC[C@@H](CC(C)C)C(F)(F)F.CC[C@H](CC(C)C)C(F)(F)F. The Morgan fingerprint density at radius 2 is 0.818 bits per heavy atom. The van der Waals surface area contributed by atoms with Crippen molar-refractivity contribution in [3.63, 3.8) is 0 Å². The summed E-state index contributed by atoms with van der Waals surface area (Å²) in [7, 11) is 0. The lowest BCUT2D eigenvalue weighted by Gasteiger charge is -2.19. The largest absolute Gasteiger partial charge is 0.391 e. The van der Waals surface area contributed by atoms with Crippen LogP contribution in [-0.2, 0) is 0 Å². The van der Waals surface area contributed by atoms with Crippen LogP contribution in [0.5, 0.6) is 0 Å². The van der Waals surface area contributed by atoms with E-state index in [1.165, 1.54) is 0 Å². The maximum Gasteiger partial charge on any atom is 0.391 e. The van der Waals surface area contributed by atoms with Gasteiger partial charge in [-0.25, -0.2) is 0 Å². The van der Waals surface area contributed by atoms with Crippen LogP contribution in [-0.4, -0.2) is 12.4 Å². The van der Waals surface area contributed by atoms with Crippen molar-refractivity contribution in [2.45, 2.75) is 79.6 Å². The molecule has 0 aliphatic carbocycles. The molecule has 6 heteroatoms. The van der Waals surface area contributed by atoms with E-state index in [-0.39, 0.29) is 37.5 Å². The molecule has 0 aromatic heterocycles. The molecular weight excluding hydrogens is 306 g/mol. The summed E-state index contributed by atoms with van der Waals surface area (Å²) in [4.78, 5) is 0. The number of hydrogen-bond acceptors (Lipinski definition) is 0. The van der Waals surface area contributed by atoms with E-state index in [0.717, 1.165) is 0 Å². The normalized spacial score (nSPS) is 15.5. The van der Waals surface area contributed by atoms with Crippen molar-refractivity contribution in [3.05, 3.63) is 0 Å². The van der Waals surface area contributed by atoms with Gasteiger partial charge in [0.1, 0.15) is 0 Å². The van der Waals surface area contributed by atoms with Gasteiger partial charge >= 0.3 is 12.4 Å². The number of halogens is 6. The number of hydrogen-bond donors (Lipinski definition) is 0. The van der Waals surface area contributed by atoms with Crippen molar-refractivity contribution in [1.29, 1.82) is 0 Å². The minimum Gasteiger partial charge on any atom is -0.171 e. The van der Waals surface area contributed by atoms with Gasteiger partial charge in [-0.05, 0) is 37.5 Å². The fraction of sp³-hybridized carbons (Fsp3) is 1.00. The van der Waals surface area contributed by atoms with E-state index < -0.39 is 24.2 Å². The standard InChI is InChI=1S/2C8H15F3/c2*1-4-7(5-6(2)3)8(9,10)11/h2*6-7H,4-5H2,1-3H3/t2*7-/m10/s1. The molecule has 0 aliphatic rings. The Bertz CT molecular complexity index is 237. The Morgan fingerprint density at radius 1 is 0.591 bits per heavy atom. The Balaban J connectivity index is 0. The van der Waals surface area contributed by atoms with E-state index in [4.69, 9.17) is 0 Å². The molecule has 0 amide bonds. The summed E-state index contributed by atoms with van der Waals surface area (Å²) in [5.74, 6) is -1.96. The molecule has 0 aliphatic heterocycles. The third kappa shape index (κ3) is 12.2. The molecule has 0 radical (unpaired) electrons. The molecule has 0 bridgehead atoms. The zero-order chi connectivity index (χ0) is 18.1. The molecule has 0 nitrogen and oxygen atoms in total. The van der Waals surface area contributed by atoms with Gasteiger partial charge in [-0.15, -0.1) is 0 Å². The smallest absolute Gasteiger partial charge is 0.171 e. The van der Waals surface area contributed by atoms with Crippen molar-refractivity contribution in [3.8, 4) is 0 Å². The molecule has 0 N–H and O–H groups in total. The summed E-state index contributed by atoms with van der Waals surface area (Å²) in [6, 6.07) is 0. The summed E-state index contributed by atoms with van der Waals surface area (Å²) in [6.07, 6.45) is -7.11. The average Bonchev–Trinajstić information content (AvgIpc) is 2.30. The minimum atomic E-state index is -4.00. The maximum absolute atomic E-state index is 12.1. The van der Waals surface area contributed by atoms with Crippen LogP contribution in [0.1, 0.15) is 67.2 Å². The second-order valence-corrected chi connectivity index (χ2v) is 6.55. The lowest BCUT2D eigenvalue weighted by atomic mass is 9.94. The first kappa shape index (κ1) is 23.8. The monoisotopic (exact) mass is 336 g/mol. The van der Waals surface area contributed by atoms with Crippen molar-refractivity contribution in [2.75, 3.05) is 0 Å². The molecule has 0 aromatic carbocycles. The lowest BCUT2D eigenvalue weighted by molar-refractivity contribution is -0.179. The maximum atomic E-state index is 12.1. The highest BCUT2D eigenvalue weighted by Crippen LogP contribution is 2.34. The fourth-order valence-corrected chi connectivity index (χ4v) is 2.20. The molecule has 0 saturated carbocycles. The molecule has 2 atom stereocenters. The Morgan fingerprint density at radius 3 is 0.864 bits per heavy atom. The highest BCUT2D eigenvalue weighted by atomic mass is 19.4. The Hall–Kier alpha value is -0.420. The third-order valence-electron chi connectivity index (χ3n) is 3.42. The molecule has 0 spiro atoms. The summed E-state index contributed by atoms with van der Waals surface area (Å²) in [6.45, 7) is 10.4. The van der Waals surface area contributed by atoms with Crippen molar-refractivity contribution in [2.24, 2.45) is 23.7 Å². The van der Waals surface area contributed by atoms with Gasteiger partial charge in [-0.2, -0.15) is 26.3 Å². The van der Waals surface area contributed by atoms with Crippen LogP contribution in [0.25, 0.3) is 0 Å². The molecule has 0 fully saturated rings. The van der Waals surface area contributed by atoms with Gasteiger partial charge in [0.05, 0.1) is 11.8 Å². The van der Waals surface area contributed by atoms with Crippen LogP contribution in [0.15, 0.2) is 0 Å². The van der Waals surface area contributed by atoms with E-state index in [1.807, 2.05) is 27.7 Å². The highest BCUT2D eigenvalue weighted by Gasteiger charge is 2.38. The Kier molecular flexibility index (Phi) is 11.2. The second-order valence-electron chi connectivity index (χ2n) is 6.55. The van der Waals surface area contributed by atoms with Crippen LogP contribution in [0, 0.1) is 23.7 Å². The van der Waals surface area contributed by atoms with Gasteiger partial charge in [-0.1, -0.05) is 41.5 Å².